The number of halogens is 1. The summed E-state index contributed by atoms with van der Waals surface area (Å²) in [7, 11) is 0. The summed E-state index contributed by atoms with van der Waals surface area (Å²) in [6.45, 7) is 3.48. The standard InChI is InChI=1S/C11H18ClN3OS/c12-10-8-17-11(14-10)15-5-2-9(3-6-15)16-7-1-4-13/h8-9H,1-7,13H2. The second kappa shape index (κ2) is 6.54. The molecule has 1 fully saturated rings. The molecule has 0 spiro atoms. The summed E-state index contributed by atoms with van der Waals surface area (Å²) in [5.41, 5.74) is 5.44. The van der Waals surface area contributed by atoms with Crippen molar-refractivity contribution in [2.45, 2.75) is 25.4 Å². The van der Waals surface area contributed by atoms with Crippen LogP contribution in [0.5, 0.6) is 0 Å². The number of anilines is 1. The molecule has 0 aromatic carbocycles. The first-order valence-electron chi connectivity index (χ1n) is 5.97. The van der Waals surface area contributed by atoms with Crippen LogP contribution < -0.4 is 10.6 Å². The van der Waals surface area contributed by atoms with Gasteiger partial charge in [0, 0.05) is 25.1 Å². The summed E-state index contributed by atoms with van der Waals surface area (Å²) in [5.74, 6) is 0. The normalized spacial score (nSPS) is 17.6. The van der Waals surface area contributed by atoms with Crippen molar-refractivity contribution in [2.75, 3.05) is 31.1 Å². The minimum absolute atomic E-state index is 0.383. The smallest absolute Gasteiger partial charge is 0.186 e. The molecule has 1 aromatic heterocycles. The maximum atomic E-state index is 5.83. The largest absolute Gasteiger partial charge is 0.378 e. The molecule has 0 unspecified atom stereocenters. The van der Waals surface area contributed by atoms with E-state index in [0.717, 1.165) is 44.1 Å². The van der Waals surface area contributed by atoms with E-state index in [-0.39, 0.29) is 0 Å². The highest BCUT2D eigenvalue weighted by molar-refractivity contribution is 7.14. The number of nitrogens with zero attached hydrogens (tertiary/aromatic N) is 2. The van der Waals surface area contributed by atoms with Crippen LogP contribution in [-0.4, -0.2) is 37.3 Å². The Morgan fingerprint density at radius 2 is 2.29 bits per heavy atom. The van der Waals surface area contributed by atoms with Gasteiger partial charge in [0.2, 0.25) is 0 Å². The number of piperidine rings is 1. The van der Waals surface area contributed by atoms with E-state index in [0.29, 0.717) is 17.8 Å². The second-order valence-electron chi connectivity index (χ2n) is 4.15. The Kier molecular flexibility index (Phi) is 5.03. The molecular weight excluding hydrogens is 258 g/mol. The van der Waals surface area contributed by atoms with Crippen molar-refractivity contribution in [1.82, 2.24) is 4.98 Å². The summed E-state index contributed by atoms with van der Waals surface area (Å²) in [5, 5.41) is 3.49. The lowest BCUT2D eigenvalue weighted by atomic mass is 10.1. The van der Waals surface area contributed by atoms with Gasteiger partial charge in [0.1, 0.15) is 5.15 Å². The maximum absolute atomic E-state index is 5.83. The van der Waals surface area contributed by atoms with Crippen LogP contribution in [0.1, 0.15) is 19.3 Å². The fourth-order valence-corrected chi connectivity index (χ4v) is 2.94. The van der Waals surface area contributed by atoms with Gasteiger partial charge in [-0.2, -0.15) is 0 Å². The first-order valence-corrected chi connectivity index (χ1v) is 7.23. The van der Waals surface area contributed by atoms with E-state index < -0.39 is 0 Å². The van der Waals surface area contributed by atoms with Crippen LogP contribution in [0, 0.1) is 0 Å². The maximum Gasteiger partial charge on any atom is 0.186 e. The molecule has 2 heterocycles. The fourth-order valence-electron chi connectivity index (χ4n) is 1.94. The average Bonchev–Trinajstić information content (AvgIpc) is 2.77. The molecule has 1 aliphatic heterocycles. The summed E-state index contributed by atoms with van der Waals surface area (Å²) < 4.78 is 5.76. The lowest BCUT2D eigenvalue weighted by Gasteiger charge is -2.31. The van der Waals surface area contributed by atoms with Gasteiger partial charge in [-0.05, 0) is 25.8 Å². The van der Waals surface area contributed by atoms with Crippen LogP contribution in [0.2, 0.25) is 5.15 Å². The number of ether oxygens (including phenoxy) is 1. The SMILES string of the molecule is NCCCOC1CCN(c2nc(Cl)cs2)CC1. The molecule has 2 N–H and O–H groups in total. The Morgan fingerprint density at radius 3 is 2.88 bits per heavy atom. The summed E-state index contributed by atoms with van der Waals surface area (Å²) >= 11 is 7.43. The van der Waals surface area contributed by atoms with Crippen LogP contribution in [0.25, 0.3) is 0 Å². The van der Waals surface area contributed by atoms with E-state index in [1.807, 2.05) is 5.38 Å². The van der Waals surface area contributed by atoms with E-state index in [1.165, 1.54) is 0 Å². The van der Waals surface area contributed by atoms with Gasteiger partial charge in [0.15, 0.2) is 5.13 Å². The second-order valence-corrected chi connectivity index (χ2v) is 5.38. The van der Waals surface area contributed by atoms with Crippen LogP contribution in [-0.2, 0) is 4.74 Å². The number of nitrogens with two attached hydrogens (primary N) is 1. The number of hydrogen-bond donors (Lipinski definition) is 1. The highest BCUT2D eigenvalue weighted by Crippen LogP contribution is 2.26. The number of rotatable bonds is 5. The first-order chi connectivity index (χ1) is 8.29. The van der Waals surface area contributed by atoms with Gasteiger partial charge in [-0.25, -0.2) is 4.98 Å². The van der Waals surface area contributed by atoms with Gasteiger partial charge in [-0.15, -0.1) is 11.3 Å². The molecule has 0 atom stereocenters. The quantitative estimate of drug-likeness (QED) is 0.837. The van der Waals surface area contributed by atoms with Gasteiger partial charge in [0.25, 0.3) is 0 Å². The molecule has 0 amide bonds. The Hall–Kier alpha value is -0.360. The Bertz CT molecular complexity index is 339. The third-order valence-corrected chi connectivity index (χ3v) is 4.10. The summed E-state index contributed by atoms with van der Waals surface area (Å²) in [4.78, 5) is 6.56. The van der Waals surface area contributed by atoms with Crippen molar-refractivity contribution >= 4 is 28.1 Å². The van der Waals surface area contributed by atoms with E-state index in [1.54, 1.807) is 11.3 Å². The van der Waals surface area contributed by atoms with Gasteiger partial charge in [0.05, 0.1) is 6.10 Å². The van der Waals surface area contributed by atoms with Crippen LogP contribution >= 0.6 is 22.9 Å². The molecule has 1 saturated heterocycles. The third kappa shape index (κ3) is 3.81. The van der Waals surface area contributed by atoms with Gasteiger partial charge < -0.3 is 15.4 Å². The van der Waals surface area contributed by atoms with E-state index >= 15 is 0 Å². The molecule has 6 heteroatoms. The monoisotopic (exact) mass is 275 g/mol. The number of aromatic nitrogens is 1. The zero-order valence-corrected chi connectivity index (χ0v) is 11.3. The van der Waals surface area contributed by atoms with Gasteiger partial charge in [-0.1, -0.05) is 11.6 Å². The topological polar surface area (TPSA) is 51.4 Å². The van der Waals surface area contributed by atoms with Crippen molar-refractivity contribution < 1.29 is 4.74 Å². The van der Waals surface area contributed by atoms with Crippen LogP contribution in [0.3, 0.4) is 0 Å². The minimum atomic E-state index is 0.383. The Labute approximate surface area is 111 Å². The lowest BCUT2D eigenvalue weighted by Crippen LogP contribution is -2.37. The minimum Gasteiger partial charge on any atom is -0.378 e. The molecule has 2 rings (SSSR count). The zero-order valence-electron chi connectivity index (χ0n) is 9.77. The summed E-state index contributed by atoms with van der Waals surface area (Å²) in [6, 6.07) is 0. The highest BCUT2D eigenvalue weighted by atomic mass is 35.5. The van der Waals surface area contributed by atoms with E-state index in [9.17, 15) is 0 Å². The molecule has 0 aliphatic carbocycles. The molecule has 1 aliphatic rings. The van der Waals surface area contributed by atoms with Crippen molar-refractivity contribution in [2.24, 2.45) is 5.73 Å². The molecule has 0 radical (unpaired) electrons. The molecule has 17 heavy (non-hydrogen) atoms. The Balaban J connectivity index is 1.74. The lowest BCUT2D eigenvalue weighted by molar-refractivity contribution is 0.0366. The summed E-state index contributed by atoms with van der Waals surface area (Å²) in [6.07, 6.45) is 3.44. The Morgan fingerprint density at radius 1 is 1.53 bits per heavy atom. The average molecular weight is 276 g/mol. The van der Waals surface area contributed by atoms with Crippen LogP contribution in [0.4, 0.5) is 5.13 Å². The van der Waals surface area contributed by atoms with Crippen molar-refractivity contribution in [1.29, 1.82) is 0 Å². The highest BCUT2D eigenvalue weighted by Gasteiger charge is 2.21. The predicted molar refractivity (Wildman–Crippen MR) is 72.0 cm³/mol. The van der Waals surface area contributed by atoms with Crippen LogP contribution in [0.15, 0.2) is 5.38 Å². The van der Waals surface area contributed by atoms with Gasteiger partial charge >= 0.3 is 0 Å². The van der Waals surface area contributed by atoms with Gasteiger partial charge in [-0.3, -0.25) is 0 Å². The first kappa shape index (κ1) is 13.1. The molecule has 1 aromatic rings. The third-order valence-electron chi connectivity index (χ3n) is 2.88. The van der Waals surface area contributed by atoms with Crippen molar-refractivity contribution in [3.8, 4) is 0 Å². The van der Waals surface area contributed by atoms with E-state index in [4.69, 9.17) is 22.1 Å². The molecule has 0 bridgehead atoms. The van der Waals surface area contributed by atoms with E-state index in [2.05, 4.69) is 9.88 Å². The molecule has 0 saturated carbocycles. The molecule has 96 valence electrons. The zero-order chi connectivity index (χ0) is 12.1. The van der Waals surface area contributed by atoms with Crippen molar-refractivity contribution in [3.63, 3.8) is 0 Å². The number of hydrogen-bond acceptors (Lipinski definition) is 5. The molecule has 4 nitrogen and oxygen atoms in total. The predicted octanol–water partition coefficient (Wildman–Crippen LogP) is 2.13. The number of thiazole rings is 1. The molecular formula is C11H18ClN3OS. The fraction of sp³-hybridized carbons (Fsp3) is 0.727. The van der Waals surface area contributed by atoms with Crippen molar-refractivity contribution in [3.05, 3.63) is 10.5 Å².